The van der Waals surface area contributed by atoms with Crippen molar-refractivity contribution in [2.45, 2.75) is 69.8 Å². The van der Waals surface area contributed by atoms with Gasteiger partial charge in [0.05, 0.1) is 15.1 Å². The molecule has 1 atom stereocenters. The number of benzene rings is 2. The first-order valence-corrected chi connectivity index (χ1v) is 15.8. The standard InChI is InChI=1S/C31H34INS2/c1-4-5-6-7-8-9-10-31(32)33-27-19-23(29-17-11-21(2)34-29)13-15-25(27)26-16-14-24(20-28(26)33)30-18-12-22(3)35-30/h11-20,31H,4-10H2,1-3H3. The Morgan fingerprint density at radius 3 is 1.69 bits per heavy atom. The molecule has 1 unspecified atom stereocenters. The molecule has 3 heterocycles. The van der Waals surface area contributed by atoms with Crippen molar-refractivity contribution in [3.63, 3.8) is 0 Å². The van der Waals surface area contributed by atoms with Crippen molar-refractivity contribution >= 4 is 67.1 Å². The molecule has 0 saturated carbocycles. The summed E-state index contributed by atoms with van der Waals surface area (Å²) in [6, 6.07) is 23.2. The number of aromatic nitrogens is 1. The van der Waals surface area contributed by atoms with E-state index in [1.54, 1.807) is 0 Å². The normalized spacial score (nSPS) is 12.7. The van der Waals surface area contributed by atoms with Gasteiger partial charge >= 0.3 is 0 Å². The number of alkyl halides is 1. The van der Waals surface area contributed by atoms with E-state index in [9.17, 15) is 0 Å². The van der Waals surface area contributed by atoms with Crippen LogP contribution in [0.1, 0.15) is 65.7 Å². The maximum absolute atomic E-state index is 2.70. The molecule has 3 aromatic heterocycles. The number of rotatable bonds is 10. The number of fused-ring (bicyclic) bond motifs is 3. The number of aryl methyl sites for hydroxylation is 2. The molecular formula is C31H34INS2. The summed E-state index contributed by atoms with van der Waals surface area (Å²) in [5.74, 6) is 0. The van der Waals surface area contributed by atoms with E-state index in [0.29, 0.717) is 4.05 Å². The lowest BCUT2D eigenvalue weighted by Crippen LogP contribution is -2.02. The summed E-state index contributed by atoms with van der Waals surface area (Å²) in [5, 5.41) is 2.74. The first-order valence-electron chi connectivity index (χ1n) is 12.9. The maximum Gasteiger partial charge on any atom is 0.0858 e. The number of nitrogens with zero attached hydrogens (tertiary/aromatic N) is 1. The van der Waals surface area contributed by atoms with Crippen molar-refractivity contribution in [1.29, 1.82) is 0 Å². The Hall–Kier alpha value is -1.63. The molecule has 1 nitrogen and oxygen atoms in total. The van der Waals surface area contributed by atoms with Crippen LogP contribution in [0.4, 0.5) is 0 Å². The molecule has 182 valence electrons. The highest BCUT2D eigenvalue weighted by atomic mass is 127. The van der Waals surface area contributed by atoms with Crippen molar-refractivity contribution in [1.82, 2.24) is 4.57 Å². The van der Waals surface area contributed by atoms with Gasteiger partial charge in [-0.3, -0.25) is 0 Å². The Labute approximate surface area is 231 Å². The van der Waals surface area contributed by atoms with Crippen molar-refractivity contribution in [2.75, 3.05) is 0 Å². The average Bonchev–Trinajstić information content (AvgIpc) is 3.57. The molecule has 0 amide bonds. The zero-order valence-electron chi connectivity index (χ0n) is 20.9. The summed E-state index contributed by atoms with van der Waals surface area (Å²) in [6.45, 7) is 6.68. The van der Waals surface area contributed by atoms with E-state index in [1.807, 2.05) is 22.7 Å². The fourth-order valence-electron chi connectivity index (χ4n) is 5.06. The minimum absolute atomic E-state index is 0.444. The lowest BCUT2D eigenvalue weighted by atomic mass is 10.1. The molecule has 5 aromatic rings. The van der Waals surface area contributed by atoms with E-state index < -0.39 is 0 Å². The number of halogens is 1. The Morgan fingerprint density at radius 1 is 0.686 bits per heavy atom. The molecule has 0 spiro atoms. The second kappa shape index (κ2) is 11.2. The average molecular weight is 612 g/mol. The third-order valence-electron chi connectivity index (χ3n) is 6.93. The molecule has 2 aromatic carbocycles. The molecule has 0 aliphatic rings. The molecule has 0 aliphatic heterocycles. The highest BCUT2D eigenvalue weighted by Crippen LogP contribution is 2.41. The zero-order chi connectivity index (χ0) is 24.4. The van der Waals surface area contributed by atoms with Gasteiger partial charge in [0.2, 0.25) is 0 Å². The van der Waals surface area contributed by atoms with Crippen LogP contribution in [0.2, 0.25) is 0 Å². The monoisotopic (exact) mass is 611 g/mol. The van der Waals surface area contributed by atoms with E-state index in [4.69, 9.17) is 0 Å². The van der Waals surface area contributed by atoms with Gasteiger partial charge in [-0.2, -0.15) is 0 Å². The van der Waals surface area contributed by atoms with E-state index >= 15 is 0 Å². The lowest BCUT2D eigenvalue weighted by Gasteiger charge is -2.16. The van der Waals surface area contributed by atoms with Crippen LogP contribution < -0.4 is 0 Å². The molecule has 0 saturated heterocycles. The fraction of sp³-hybridized carbons (Fsp3) is 0.355. The van der Waals surface area contributed by atoms with Crippen LogP contribution in [0.3, 0.4) is 0 Å². The smallest absolute Gasteiger partial charge is 0.0858 e. The predicted octanol–water partition coefficient (Wildman–Crippen LogP) is 11.6. The zero-order valence-corrected chi connectivity index (χ0v) is 24.7. The van der Waals surface area contributed by atoms with Gasteiger partial charge in [0, 0.05) is 30.3 Å². The van der Waals surface area contributed by atoms with Crippen LogP contribution in [0, 0.1) is 13.8 Å². The topological polar surface area (TPSA) is 4.93 Å². The van der Waals surface area contributed by atoms with Gasteiger partial charge in [-0.15, -0.1) is 22.7 Å². The highest BCUT2D eigenvalue weighted by Gasteiger charge is 2.18. The first-order chi connectivity index (χ1) is 17.0. The first kappa shape index (κ1) is 25.0. The minimum atomic E-state index is 0.444. The van der Waals surface area contributed by atoms with Crippen molar-refractivity contribution < 1.29 is 0 Å². The van der Waals surface area contributed by atoms with Gasteiger partial charge in [0.15, 0.2) is 0 Å². The predicted molar refractivity (Wildman–Crippen MR) is 167 cm³/mol. The molecule has 0 fully saturated rings. The summed E-state index contributed by atoms with van der Waals surface area (Å²) in [5.41, 5.74) is 5.40. The second-order valence-electron chi connectivity index (χ2n) is 9.65. The van der Waals surface area contributed by atoms with Gasteiger partial charge < -0.3 is 4.57 Å². The van der Waals surface area contributed by atoms with Gasteiger partial charge in [0.25, 0.3) is 0 Å². The quantitative estimate of drug-likeness (QED) is 0.0841. The summed E-state index contributed by atoms with van der Waals surface area (Å²) < 4.78 is 3.07. The molecule has 0 aliphatic carbocycles. The lowest BCUT2D eigenvalue weighted by molar-refractivity contribution is 0.563. The Bertz CT molecular complexity index is 1340. The molecule has 35 heavy (non-hydrogen) atoms. The summed E-state index contributed by atoms with van der Waals surface area (Å²) in [7, 11) is 0. The van der Waals surface area contributed by atoms with Gasteiger partial charge in [-0.1, -0.05) is 92.3 Å². The minimum Gasteiger partial charge on any atom is -0.328 e. The summed E-state index contributed by atoms with van der Waals surface area (Å²) >= 11 is 6.47. The number of hydrogen-bond acceptors (Lipinski definition) is 2. The largest absolute Gasteiger partial charge is 0.328 e. The second-order valence-corrected chi connectivity index (χ2v) is 13.7. The third kappa shape index (κ3) is 5.40. The third-order valence-corrected chi connectivity index (χ3v) is 10.2. The number of unbranched alkanes of at least 4 members (excludes halogenated alkanes) is 5. The van der Waals surface area contributed by atoms with Crippen molar-refractivity contribution in [3.8, 4) is 20.9 Å². The van der Waals surface area contributed by atoms with Crippen molar-refractivity contribution in [2.24, 2.45) is 0 Å². The molecule has 0 N–H and O–H groups in total. The molecule has 0 bridgehead atoms. The van der Waals surface area contributed by atoms with E-state index in [1.165, 1.54) is 97.4 Å². The SMILES string of the molecule is CCCCCCCCC(I)n1c2cc(-c3ccc(C)s3)ccc2c2ccc(-c3ccc(C)s3)cc21. The van der Waals surface area contributed by atoms with Crippen LogP contribution in [0.5, 0.6) is 0 Å². The van der Waals surface area contributed by atoms with Crippen LogP contribution in [-0.2, 0) is 0 Å². The van der Waals surface area contributed by atoms with E-state index in [-0.39, 0.29) is 0 Å². The number of hydrogen-bond donors (Lipinski definition) is 0. The Balaban J connectivity index is 1.57. The molecule has 0 radical (unpaired) electrons. The number of thiophene rings is 2. The molecular weight excluding hydrogens is 577 g/mol. The van der Waals surface area contributed by atoms with Gasteiger partial charge in [0.1, 0.15) is 0 Å². The van der Waals surface area contributed by atoms with E-state index in [0.717, 1.165) is 0 Å². The van der Waals surface area contributed by atoms with Crippen LogP contribution in [0.15, 0.2) is 60.7 Å². The fourth-order valence-corrected chi connectivity index (χ4v) is 7.83. The van der Waals surface area contributed by atoms with Gasteiger partial charge in [-0.05, 0) is 67.8 Å². The van der Waals surface area contributed by atoms with Crippen LogP contribution in [-0.4, -0.2) is 4.57 Å². The van der Waals surface area contributed by atoms with E-state index in [2.05, 4.69) is 109 Å². The van der Waals surface area contributed by atoms with Gasteiger partial charge in [-0.25, -0.2) is 0 Å². The molecule has 4 heteroatoms. The Kier molecular flexibility index (Phi) is 8.00. The maximum atomic E-state index is 2.70. The summed E-state index contributed by atoms with van der Waals surface area (Å²) in [4.78, 5) is 5.45. The molecule has 5 rings (SSSR count). The Morgan fingerprint density at radius 2 is 1.20 bits per heavy atom. The van der Waals surface area contributed by atoms with Crippen LogP contribution >= 0.6 is 45.3 Å². The van der Waals surface area contributed by atoms with Crippen molar-refractivity contribution in [3.05, 3.63) is 70.4 Å². The van der Waals surface area contributed by atoms with Crippen LogP contribution in [0.25, 0.3) is 42.7 Å². The summed E-state index contributed by atoms with van der Waals surface area (Å²) in [6.07, 6.45) is 9.29. The highest BCUT2D eigenvalue weighted by molar-refractivity contribution is 14.1.